The zero-order chi connectivity index (χ0) is 16.4. The molecule has 2 aromatic rings. The van der Waals surface area contributed by atoms with Crippen LogP contribution in [0.3, 0.4) is 0 Å². The maximum absolute atomic E-state index is 13.0. The van der Waals surface area contributed by atoms with Crippen LogP contribution in [0.2, 0.25) is 0 Å². The highest BCUT2D eigenvalue weighted by molar-refractivity contribution is 5.26. The van der Waals surface area contributed by atoms with Gasteiger partial charge in [-0.2, -0.15) is 13.2 Å². The Morgan fingerprint density at radius 1 is 0.957 bits per heavy atom. The van der Waals surface area contributed by atoms with Gasteiger partial charge in [-0.05, 0) is 54.8 Å². The largest absolute Gasteiger partial charge is 0.416 e. The summed E-state index contributed by atoms with van der Waals surface area (Å²) in [7, 11) is 0. The minimum atomic E-state index is -4.30. The van der Waals surface area contributed by atoms with E-state index in [0.717, 1.165) is 42.6 Å². The smallest absolute Gasteiger partial charge is 0.292 e. The number of hydrogen-bond donors (Lipinski definition) is 0. The average molecular weight is 323 g/mol. The molecule has 0 radical (unpaired) electrons. The predicted molar refractivity (Wildman–Crippen MR) is 80.2 cm³/mol. The van der Waals surface area contributed by atoms with E-state index < -0.39 is 11.7 Å². The normalized spacial score (nSPS) is 19.2. The van der Waals surface area contributed by atoms with Crippen molar-refractivity contribution in [2.75, 3.05) is 6.54 Å². The molecule has 0 unspecified atom stereocenters. The van der Waals surface area contributed by atoms with Crippen molar-refractivity contribution in [1.29, 1.82) is 0 Å². The molecule has 0 amide bonds. The monoisotopic (exact) mass is 323 g/mol. The van der Waals surface area contributed by atoms with Crippen molar-refractivity contribution in [3.63, 3.8) is 0 Å². The lowest BCUT2D eigenvalue weighted by molar-refractivity contribution is -0.137. The minimum absolute atomic E-state index is 0.192. The summed E-state index contributed by atoms with van der Waals surface area (Å²) in [5, 5.41) is 0. The molecule has 0 bridgehead atoms. The van der Waals surface area contributed by atoms with Gasteiger partial charge in [-0.15, -0.1) is 0 Å². The van der Waals surface area contributed by atoms with Crippen LogP contribution >= 0.6 is 0 Å². The standard InChI is InChI=1S/C18H17F4N/c19-16-9-5-14(6-10-16)17-2-1-11-23(17)12-13-3-7-15(8-4-13)18(20,21)22/h3-10,17H,1-2,11-12H2/t17-/m0/s1. The Bertz CT molecular complexity index is 646. The quantitative estimate of drug-likeness (QED) is 0.703. The summed E-state index contributed by atoms with van der Waals surface area (Å²) in [5.74, 6) is -0.263. The highest BCUT2D eigenvalue weighted by atomic mass is 19.4. The van der Waals surface area contributed by atoms with Gasteiger partial charge in [0.15, 0.2) is 0 Å². The number of nitrogens with zero attached hydrogens (tertiary/aromatic N) is 1. The highest BCUT2D eigenvalue weighted by Crippen LogP contribution is 2.34. The lowest BCUT2D eigenvalue weighted by Crippen LogP contribution is -2.22. The van der Waals surface area contributed by atoms with Crippen molar-refractivity contribution in [2.24, 2.45) is 0 Å². The molecule has 0 spiro atoms. The van der Waals surface area contributed by atoms with E-state index in [1.165, 1.54) is 24.3 Å². The third kappa shape index (κ3) is 3.72. The molecule has 1 heterocycles. The van der Waals surface area contributed by atoms with Crippen LogP contribution in [0.15, 0.2) is 48.5 Å². The van der Waals surface area contributed by atoms with Crippen molar-refractivity contribution < 1.29 is 17.6 Å². The highest BCUT2D eigenvalue weighted by Gasteiger charge is 2.30. The fourth-order valence-corrected chi connectivity index (χ4v) is 3.11. The maximum atomic E-state index is 13.0. The van der Waals surface area contributed by atoms with E-state index in [1.807, 2.05) is 0 Å². The second-order valence-electron chi connectivity index (χ2n) is 5.87. The number of halogens is 4. The first kappa shape index (κ1) is 16.0. The summed E-state index contributed by atoms with van der Waals surface area (Å²) < 4.78 is 50.8. The van der Waals surface area contributed by atoms with Crippen molar-refractivity contribution in [3.05, 3.63) is 71.0 Å². The van der Waals surface area contributed by atoms with Gasteiger partial charge in [0.1, 0.15) is 5.82 Å². The van der Waals surface area contributed by atoms with E-state index in [9.17, 15) is 17.6 Å². The zero-order valence-electron chi connectivity index (χ0n) is 12.5. The van der Waals surface area contributed by atoms with E-state index in [4.69, 9.17) is 0 Å². The van der Waals surface area contributed by atoms with Crippen LogP contribution in [0.5, 0.6) is 0 Å². The molecule has 1 nitrogen and oxygen atoms in total. The summed E-state index contributed by atoms with van der Waals surface area (Å²) >= 11 is 0. The van der Waals surface area contributed by atoms with E-state index >= 15 is 0 Å². The molecule has 3 rings (SSSR count). The Labute approximate surface area is 132 Å². The SMILES string of the molecule is Fc1ccc([C@@H]2CCCN2Cc2ccc(C(F)(F)F)cc2)cc1. The second-order valence-corrected chi connectivity index (χ2v) is 5.87. The fourth-order valence-electron chi connectivity index (χ4n) is 3.11. The molecule has 5 heteroatoms. The summed E-state index contributed by atoms with van der Waals surface area (Å²) in [6.45, 7) is 1.49. The summed E-state index contributed by atoms with van der Waals surface area (Å²) in [4.78, 5) is 2.23. The van der Waals surface area contributed by atoms with Gasteiger partial charge >= 0.3 is 6.18 Å². The Balaban J connectivity index is 1.72. The average Bonchev–Trinajstić information content (AvgIpc) is 2.96. The Morgan fingerprint density at radius 2 is 1.61 bits per heavy atom. The summed E-state index contributed by atoms with van der Waals surface area (Å²) in [5.41, 5.74) is 1.28. The molecular formula is C18H17F4N. The van der Waals surface area contributed by atoms with Gasteiger partial charge in [0, 0.05) is 12.6 Å². The molecule has 1 saturated heterocycles. The Hall–Kier alpha value is -1.88. The van der Waals surface area contributed by atoms with Gasteiger partial charge < -0.3 is 0 Å². The summed E-state index contributed by atoms with van der Waals surface area (Å²) in [6, 6.07) is 12.0. The third-order valence-electron chi connectivity index (χ3n) is 4.29. The number of benzene rings is 2. The Kier molecular flexibility index (Phi) is 4.39. The van der Waals surface area contributed by atoms with E-state index in [-0.39, 0.29) is 11.9 Å². The van der Waals surface area contributed by atoms with Crippen molar-refractivity contribution in [3.8, 4) is 0 Å². The van der Waals surface area contributed by atoms with Crippen molar-refractivity contribution >= 4 is 0 Å². The van der Waals surface area contributed by atoms with Gasteiger partial charge in [0.2, 0.25) is 0 Å². The van der Waals surface area contributed by atoms with Crippen molar-refractivity contribution in [1.82, 2.24) is 4.90 Å². The maximum Gasteiger partial charge on any atom is 0.416 e. The first-order valence-electron chi connectivity index (χ1n) is 7.59. The zero-order valence-corrected chi connectivity index (χ0v) is 12.5. The summed E-state index contributed by atoms with van der Waals surface area (Å²) in [6.07, 6.45) is -2.29. The minimum Gasteiger partial charge on any atom is -0.292 e. The van der Waals surface area contributed by atoms with Crippen LogP contribution in [-0.4, -0.2) is 11.4 Å². The van der Waals surface area contributed by atoms with Gasteiger partial charge in [0.25, 0.3) is 0 Å². The first-order valence-corrected chi connectivity index (χ1v) is 7.59. The van der Waals surface area contributed by atoms with Crippen LogP contribution < -0.4 is 0 Å². The van der Waals surface area contributed by atoms with Crippen LogP contribution in [0.1, 0.15) is 35.6 Å². The molecule has 0 aromatic heterocycles. The van der Waals surface area contributed by atoms with E-state index in [2.05, 4.69) is 4.90 Å². The van der Waals surface area contributed by atoms with Gasteiger partial charge in [0.05, 0.1) is 5.56 Å². The molecule has 0 aliphatic carbocycles. The first-order chi connectivity index (χ1) is 10.9. The molecule has 122 valence electrons. The molecule has 0 saturated carbocycles. The van der Waals surface area contributed by atoms with Crippen molar-refractivity contribution in [2.45, 2.75) is 31.6 Å². The number of rotatable bonds is 3. The molecule has 23 heavy (non-hydrogen) atoms. The molecule has 1 aliphatic heterocycles. The molecule has 1 fully saturated rings. The Morgan fingerprint density at radius 3 is 2.22 bits per heavy atom. The van der Waals surface area contributed by atoms with E-state index in [1.54, 1.807) is 12.1 Å². The number of alkyl halides is 3. The third-order valence-corrected chi connectivity index (χ3v) is 4.29. The topological polar surface area (TPSA) is 3.24 Å². The van der Waals surface area contributed by atoms with Gasteiger partial charge in [-0.25, -0.2) is 4.39 Å². The molecule has 0 N–H and O–H groups in total. The van der Waals surface area contributed by atoms with Gasteiger partial charge in [-0.1, -0.05) is 24.3 Å². The molecule has 1 aliphatic rings. The predicted octanol–water partition coefficient (Wildman–Crippen LogP) is 5.18. The number of likely N-dealkylation sites (tertiary alicyclic amines) is 1. The number of hydrogen-bond acceptors (Lipinski definition) is 1. The lowest BCUT2D eigenvalue weighted by Gasteiger charge is -2.25. The van der Waals surface area contributed by atoms with E-state index in [0.29, 0.717) is 6.54 Å². The van der Waals surface area contributed by atoms with Gasteiger partial charge in [-0.3, -0.25) is 4.90 Å². The van der Waals surface area contributed by atoms with Crippen LogP contribution in [0.4, 0.5) is 17.6 Å². The fraction of sp³-hybridized carbons (Fsp3) is 0.333. The van der Waals surface area contributed by atoms with Crippen LogP contribution in [-0.2, 0) is 12.7 Å². The molecule has 1 atom stereocenters. The molecular weight excluding hydrogens is 306 g/mol. The molecule has 2 aromatic carbocycles. The lowest BCUT2D eigenvalue weighted by atomic mass is 10.0. The second kappa shape index (κ2) is 6.32. The van der Waals surface area contributed by atoms with Crippen LogP contribution in [0, 0.1) is 5.82 Å². The van der Waals surface area contributed by atoms with Crippen LogP contribution in [0.25, 0.3) is 0 Å².